The van der Waals surface area contributed by atoms with Gasteiger partial charge in [-0.15, -0.1) is 0 Å². The van der Waals surface area contributed by atoms with Crippen LogP contribution in [0.1, 0.15) is 16.8 Å². The minimum absolute atomic E-state index is 0.0987. The van der Waals surface area contributed by atoms with Gasteiger partial charge in [-0.3, -0.25) is 14.8 Å². The average molecular weight is 260 g/mol. The summed E-state index contributed by atoms with van der Waals surface area (Å²) in [6.07, 6.45) is 1.77. The van der Waals surface area contributed by atoms with Crippen molar-refractivity contribution in [3.05, 3.63) is 51.3 Å². The largest absolute Gasteiger partial charge is 0.375 e. The van der Waals surface area contributed by atoms with E-state index >= 15 is 0 Å². The number of nitrogens with zero attached hydrogens (tertiary/aromatic N) is 3. The van der Waals surface area contributed by atoms with Gasteiger partial charge in [0.2, 0.25) is 0 Å². The molecule has 0 saturated carbocycles. The van der Waals surface area contributed by atoms with Gasteiger partial charge in [0.25, 0.3) is 5.69 Å². The van der Waals surface area contributed by atoms with Gasteiger partial charge in [0.1, 0.15) is 5.69 Å². The Hall–Kier alpha value is -2.37. The van der Waals surface area contributed by atoms with E-state index in [-0.39, 0.29) is 10.6 Å². The first-order chi connectivity index (χ1) is 8.99. The fourth-order valence-corrected chi connectivity index (χ4v) is 1.85. The summed E-state index contributed by atoms with van der Waals surface area (Å²) < 4.78 is 1.78. The number of benzene rings is 1. The Morgan fingerprint density at radius 2 is 2.16 bits per heavy atom. The highest BCUT2D eigenvalue weighted by atomic mass is 16.6. The number of hydrogen-bond donors (Lipinski definition) is 1. The normalized spacial score (nSPS) is 10.5. The molecule has 0 fully saturated rings. The maximum Gasteiger partial charge on any atom is 0.292 e. The zero-order valence-electron chi connectivity index (χ0n) is 11.2. The van der Waals surface area contributed by atoms with Gasteiger partial charge < -0.3 is 5.32 Å². The number of nitrogens with one attached hydrogen (secondary N) is 1. The fourth-order valence-electron chi connectivity index (χ4n) is 1.85. The third-order valence-corrected chi connectivity index (χ3v) is 3.16. The monoisotopic (exact) mass is 260 g/mol. The lowest BCUT2D eigenvalue weighted by Crippen LogP contribution is -2.04. The maximum atomic E-state index is 11.0. The summed E-state index contributed by atoms with van der Waals surface area (Å²) in [5.41, 5.74) is 3.56. The van der Waals surface area contributed by atoms with Crippen LogP contribution in [0.3, 0.4) is 0 Å². The number of hydrogen-bond acceptors (Lipinski definition) is 4. The highest BCUT2D eigenvalue weighted by molar-refractivity contribution is 5.62. The van der Waals surface area contributed by atoms with Crippen molar-refractivity contribution in [2.45, 2.75) is 20.4 Å². The average Bonchev–Trinajstić information content (AvgIpc) is 2.68. The summed E-state index contributed by atoms with van der Waals surface area (Å²) >= 11 is 0. The van der Waals surface area contributed by atoms with Gasteiger partial charge in [0.05, 0.1) is 11.1 Å². The Kier molecular flexibility index (Phi) is 3.50. The molecule has 0 aliphatic heterocycles. The van der Waals surface area contributed by atoms with Gasteiger partial charge in [0, 0.05) is 30.9 Å². The molecule has 19 heavy (non-hydrogen) atoms. The first-order valence-corrected chi connectivity index (χ1v) is 5.95. The summed E-state index contributed by atoms with van der Waals surface area (Å²) in [6.45, 7) is 4.32. The van der Waals surface area contributed by atoms with Crippen molar-refractivity contribution in [2.24, 2.45) is 7.05 Å². The van der Waals surface area contributed by atoms with Crippen LogP contribution < -0.4 is 5.32 Å². The van der Waals surface area contributed by atoms with Gasteiger partial charge in [0.15, 0.2) is 0 Å². The Morgan fingerprint density at radius 1 is 1.42 bits per heavy atom. The van der Waals surface area contributed by atoms with Gasteiger partial charge in [-0.05, 0) is 25.5 Å². The molecule has 2 aromatic rings. The minimum atomic E-state index is -0.370. The second-order valence-corrected chi connectivity index (χ2v) is 4.51. The van der Waals surface area contributed by atoms with Crippen molar-refractivity contribution in [1.29, 1.82) is 0 Å². The van der Waals surface area contributed by atoms with Crippen LogP contribution in [0.25, 0.3) is 0 Å². The van der Waals surface area contributed by atoms with Crippen LogP contribution in [0.4, 0.5) is 11.4 Å². The molecule has 2 rings (SSSR count). The molecule has 6 heteroatoms. The molecule has 1 aromatic carbocycles. The zero-order valence-corrected chi connectivity index (χ0v) is 11.2. The van der Waals surface area contributed by atoms with Gasteiger partial charge in [-0.2, -0.15) is 5.10 Å². The molecule has 0 bridgehead atoms. The van der Waals surface area contributed by atoms with E-state index in [0.717, 1.165) is 16.8 Å². The molecular weight excluding hydrogens is 244 g/mol. The lowest BCUT2D eigenvalue weighted by Gasteiger charge is -2.07. The molecule has 0 aliphatic carbocycles. The first kappa shape index (κ1) is 13.1. The van der Waals surface area contributed by atoms with Crippen molar-refractivity contribution < 1.29 is 4.92 Å². The quantitative estimate of drug-likeness (QED) is 0.677. The maximum absolute atomic E-state index is 11.0. The highest BCUT2D eigenvalue weighted by Crippen LogP contribution is 2.25. The number of nitro benzene ring substituents is 1. The van der Waals surface area contributed by atoms with Crippen LogP contribution in [0.15, 0.2) is 24.4 Å². The standard InChI is InChI=1S/C13H16N4O2/c1-9-4-5-12(13(6-9)17(18)19)14-7-11-8-15-16(3)10(11)2/h4-6,8,14H,7H2,1-3H3. The molecule has 6 nitrogen and oxygen atoms in total. The van der Waals surface area contributed by atoms with E-state index in [9.17, 15) is 10.1 Å². The lowest BCUT2D eigenvalue weighted by atomic mass is 10.2. The van der Waals surface area contributed by atoms with Gasteiger partial charge in [-0.1, -0.05) is 6.07 Å². The summed E-state index contributed by atoms with van der Waals surface area (Å²) in [5, 5.41) is 18.2. The van der Waals surface area contributed by atoms with Gasteiger partial charge >= 0.3 is 0 Å². The number of nitro groups is 1. The molecule has 0 amide bonds. The third kappa shape index (κ3) is 2.73. The van der Waals surface area contributed by atoms with Crippen LogP contribution in [0.2, 0.25) is 0 Å². The number of anilines is 1. The number of aryl methyl sites for hydroxylation is 2. The number of aromatic nitrogens is 2. The van der Waals surface area contributed by atoms with Crippen molar-refractivity contribution in [2.75, 3.05) is 5.32 Å². The van der Waals surface area contributed by atoms with Crippen LogP contribution in [0, 0.1) is 24.0 Å². The highest BCUT2D eigenvalue weighted by Gasteiger charge is 2.14. The van der Waals surface area contributed by atoms with Crippen molar-refractivity contribution in [1.82, 2.24) is 9.78 Å². The van der Waals surface area contributed by atoms with E-state index in [0.29, 0.717) is 12.2 Å². The summed E-state index contributed by atoms with van der Waals surface area (Å²) in [5.74, 6) is 0. The molecule has 0 radical (unpaired) electrons. The van der Waals surface area contributed by atoms with E-state index in [1.165, 1.54) is 0 Å². The van der Waals surface area contributed by atoms with E-state index in [4.69, 9.17) is 0 Å². The van der Waals surface area contributed by atoms with Crippen LogP contribution in [-0.2, 0) is 13.6 Å². The molecule has 1 heterocycles. The van der Waals surface area contributed by atoms with Crippen molar-refractivity contribution >= 4 is 11.4 Å². The van der Waals surface area contributed by atoms with Crippen LogP contribution in [-0.4, -0.2) is 14.7 Å². The molecule has 0 unspecified atom stereocenters. The smallest absolute Gasteiger partial charge is 0.292 e. The topological polar surface area (TPSA) is 73.0 Å². The van der Waals surface area contributed by atoms with E-state index in [1.54, 1.807) is 23.0 Å². The Labute approximate surface area is 111 Å². The minimum Gasteiger partial charge on any atom is -0.375 e. The Balaban J connectivity index is 2.20. The first-order valence-electron chi connectivity index (χ1n) is 5.95. The zero-order chi connectivity index (χ0) is 14.0. The van der Waals surface area contributed by atoms with Gasteiger partial charge in [-0.25, -0.2) is 0 Å². The molecule has 1 N–H and O–H groups in total. The molecule has 0 aliphatic rings. The third-order valence-electron chi connectivity index (χ3n) is 3.16. The molecule has 0 spiro atoms. The SMILES string of the molecule is Cc1ccc(NCc2cnn(C)c2C)c([N+](=O)[O-])c1. The molecule has 1 aromatic heterocycles. The summed E-state index contributed by atoms with van der Waals surface area (Å²) in [4.78, 5) is 10.6. The molecule has 100 valence electrons. The molecule has 0 atom stereocenters. The van der Waals surface area contributed by atoms with E-state index in [1.807, 2.05) is 27.0 Å². The molecule has 0 saturated heterocycles. The van der Waals surface area contributed by atoms with E-state index < -0.39 is 0 Å². The lowest BCUT2D eigenvalue weighted by molar-refractivity contribution is -0.384. The Morgan fingerprint density at radius 3 is 2.74 bits per heavy atom. The summed E-state index contributed by atoms with van der Waals surface area (Å²) in [6, 6.07) is 5.16. The van der Waals surface area contributed by atoms with Crippen LogP contribution in [0.5, 0.6) is 0 Å². The fraction of sp³-hybridized carbons (Fsp3) is 0.308. The number of rotatable bonds is 4. The summed E-state index contributed by atoms with van der Waals surface area (Å²) in [7, 11) is 1.87. The van der Waals surface area contributed by atoms with Crippen molar-refractivity contribution in [3.63, 3.8) is 0 Å². The predicted octanol–water partition coefficient (Wildman–Crippen LogP) is 2.56. The molecular formula is C13H16N4O2. The second-order valence-electron chi connectivity index (χ2n) is 4.51. The predicted molar refractivity (Wildman–Crippen MR) is 73.1 cm³/mol. The van der Waals surface area contributed by atoms with Crippen LogP contribution >= 0.6 is 0 Å². The van der Waals surface area contributed by atoms with E-state index in [2.05, 4.69) is 10.4 Å². The second kappa shape index (κ2) is 5.09. The Bertz CT molecular complexity index is 619. The van der Waals surface area contributed by atoms with Crippen molar-refractivity contribution in [3.8, 4) is 0 Å².